The van der Waals surface area contributed by atoms with Gasteiger partial charge in [0.05, 0.1) is 6.54 Å². The number of benzene rings is 1. The third-order valence-corrected chi connectivity index (χ3v) is 3.57. The highest BCUT2D eigenvalue weighted by Crippen LogP contribution is 2.25. The number of nitrogens with zero attached hydrogens (tertiary/aromatic N) is 2. The minimum atomic E-state index is -2.88. The van der Waals surface area contributed by atoms with Gasteiger partial charge in [-0.3, -0.25) is 0 Å². The smallest absolute Gasteiger partial charge is 0.387 e. The predicted octanol–water partition coefficient (Wildman–Crippen LogP) is 3.86. The summed E-state index contributed by atoms with van der Waals surface area (Å²) >= 11 is 5.88. The van der Waals surface area contributed by atoms with Crippen LogP contribution >= 0.6 is 35.6 Å². The molecular formula is C14H19ClF2IN3O. The molecule has 0 radical (unpaired) electrons. The molecule has 1 fully saturated rings. The van der Waals surface area contributed by atoms with E-state index < -0.39 is 6.61 Å². The number of aliphatic imine (C=N–C) groups is 1. The quantitative estimate of drug-likeness (QED) is 0.435. The van der Waals surface area contributed by atoms with Crippen molar-refractivity contribution >= 4 is 41.5 Å². The molecule has 1 aliphatic heterocycles. The average molecular weight is 446 g/mol. The fourth-order valence-electron chi connectivity index (χ4n) is 2.27. The minimum Gasteiger partial charge on any atom is -0.434 e. The van der Waals surface area contributed by atoms with Crippen LogP contribution in [0.25, 0.3) is 0 Å². The Morgan fingerprint density at radius 2 is 2.00 bits per heavy atom. The Balaban J connectivity index is 0.00000242. The fraction of sp³-hybridized carbons (Fsp3) is 0.500. The molecule has 4 nitrogen and oxygen atoms in total. The Morgan fingerprint density at radius 3 is 2.64 bits per heavy atom. The topological polar surface area (TPSA) is 50.9 Å². The fourth-order valence-corrected chi connectivity index (χ4v) is 2.47. The third-order valence-electron chi connectivity index (χ3n) is 3.33. The zero-order valence-electron chi connectivity index (χ0n) is 12.0. The maximum Gasteiger partial charge on any atom is 0.387 e. The summed E-state index contributed by atoms with van der Waals surface area (Å²) < 4.78 is 29.2. The molecule has 0 aromatic heterocycles. The predicted molar refractivity (Wildman–Crippen MR) is 94.2 cm³/mol. The van der Waals surface area contributed by atoms with Gasteiger partial charge >= 0.3 is 6.61 Å². The SMILES string of the molecule is I.NC(=NCc1cc(Cl)ccc1OC(F)F)N1CCCCC1. The van der Waals surface area contributed by atoms with E-state index in [2.05, 4.69) is 9.73 Å². The van der Waals surface area contributed by atoms with Crippen LogP contribution in [0.2, 0.25) is 5.02 Å². The van der Waals surface area contributed by atoms with E-state index in [9.17, 15) is 8.78 Å². The Hall–Kier alpha value is -0.830. The number of nitrogens with two attached hydrogens (primary N) is 1. The van der Waals surface area contributed by atoms with Crippen LogP contribution in [0.4, 0.5) is 8.78 Å². The van der Waals surface area contributed by atoms with E-state index in [-0.39, 0.29) is 36.3 Å². The van der Waals surface area contributed by atoms with Gasteiger partial charge in [-0.25, -0.2) is 4.99 Å². The number of halogens is 4. The van der Waals surface area contributed by atoms with Crippen LogP contribution in [0.3, 0.4) is 0 Å². The Morgan fingerprint density at radius 1 is 1.32 bits per heavy atom. The van der Waals surface area contributed by atoms with Gasteiger partial charge in [0.1, 0.15) is 5.75 Å². The van der Waals surface area contributed by atoms with Crippen LogP contribution in [-0.2, 0) is 6.54 Å². The van der Waals surface area contributed by atoms with Gasteiger partial charge in [0.15, 0.2) is 5.96 Å². The lowest BCUT2D eigenvalue weighted by molar-refractivity contribution is -0.0504. The van der Waals surface area contributed by atoms with Crippen molar-refractivity contribution < 1.29 is 13.5 Å². The molecule has 0 unspecified atom stereocenters. The maximum atomic E-state index is 12.4. The number of alkyl halides is 2. The van der Waals surface area contributed by atoms with E-state index in [0.29, 0.717) is 16.5 Å². The zero-order valence-corrected chi connectivity index (χ0v) is 15.1. The van der Waals surface area contributed by atoms with Gasteiger partial charge < -0.3 is 15.4 Å². The summed E-state index contributed by atoms with van der Waals surface area (Å²) in [6.07, 6.45) is 3.38. The van der Waals surface area contributed by atoms with Gasteiger partial charge in [-0.1, -0.05) is 11.6 Å². The summed E-state index contributed by atoms with van der Waals surface area (Å²) in [5.74, 6) is 0.502. The number of hydrogen-bond donors (Lipinski definition) is 1. The van der Waals surface area contributed by atoms with E-state index in [1.165, 1.54) is 18.6 Å². The van der Waals surface area contributed by atoms with E-state index in [1.54, 1.807) is 6.07 Å². The normalized spacial score (nSPS) is 15.6. The van der Waals surface area contributed by atoms with Crippen molar-refractivity contribution in [1.29, 1.82) is 0 Å². The molecule has 2 N–H and O–H groups in total. The molecule has 124 valence electrons. The number of piperidine rings is 1. The summed E-state index contributed by atoms with van der Waals surface area (Å²) in [6.45, 7) is -0.963. The maximum absolute atomic E-state index is 12.4. The van der Waals surface area contributed by atoms with Crippen LogP contribution in [0.15, 0.2) is 23.2 Å². The monoisotopic (exact) mass is 445 g/mol. The number of likely N-dealkylation sites (tertiary alicyclic amines) is 1. The molecule has 8 heteroatoms. The molecule has 1 aromatic carbocycles. The highest BCUT2D eigenvalue weighted by Gasteiger charge is 2.13. The first-order valence-electron chi connectivity index (χ1n) is 6.84. The molecule has 0 aliphatic carbocycles. The molecule has 1 aromatic rings. The van der Waals surface area contributed by atoms with Crippen LogP contribution in [0, 0.1) is 0 Å². The molecular weight excluding hydrogens is 427 g/mol. The molecule has 0 atom stereocenters. The average Bonchev–Trinajstić information content (AvgIpc) is 2.47. The van der Waals surface area contributed by atoms with Crippen molar-refractivity contribution in [3.63, 3.8) is 0 Å². The van der Waals surface area contributed by atoms with E-state index in [1.807, 2.05) is 4.90 Å². The van der Waals surface area contributed by atoms with Gasteiger partial charge in [-0.2, -0.15) is 8.78 Å². The van der Waals surface area contributed by atoms with Crippen molar-refractivity contribution in [3.8, 4) is 5.75 Å². The molecule has 0 spiro atoms. The first-order valence-corrected chi connectivity index (χ1v) is 7.22. The molecule has 1 aliphatic rings. The lowest BCUT2D eigenvalue weighted by Crippen LogP contribution is -2.40. The van der Waals surface area contributed by atoms with Crippen LogP contribution in [-0.4, -0.2) is 30.6 Å². The molecule has 1 saturated heterocycles. The standard InChI is InChI=1S/C14H18ClF2N3O.HI/c15-11-4-5-12(21-13(16)17)10(8-11)9-19-14(18)20-6-2-1-3-7-20;/h4-5,8,13H,1-3,6-7,9H2,(H2,18,19);1H. The highest BCUT2D eigenvalue weighted by atomic mass is 127. The van der Waals surface area contributed by atoms with Crippen molar-refractivity contribution in [1.82, 2.24) is 4.90 Å². The number of ether oxygens (including phenoxy) is 1. The summed E-state index contributed by atoms with van der Waals surface area (Å²) in [5, 5.41) is 0.443. The molecule has 22 heavy (non-hydrogen) atoms. The largest absolute Gasteiger partial charge is 0.434 e. The van der Waals surface area contributed by atoms with E-state index in [4.69, 9.17) is 17.3 Å². The lowest BCUT2D eigenvalue weighted by Gasteiger charge is -2.27. The van der Waals surface area contributed by atoms with Crippen LogP contribution in [0.5, 0.6) is 5.75 Å². The van der Waals surface area contributed by atoms with Crippen molar-refractivity contribution in [2.24, 2.45) is 10.7 Å². The van der Waals surface area contributed by atoms with Gasteiger partial charge in [0, 0.05) is 23.7 Å². The lowest BCUT2D eigenvalue weighted by atomic mass is 10.1. The third kappa shape index (κ3) is 5.75. The first kappa shape index (κ1) is 19.2. The first-order chi connectivity index (χ1) is 10.1. The second kappa shape index (κ2) is 9.34. The summed E-state index contributed by atoms with van der Waals surface area (Å²) in [6, 6.07) is 4.48. The summed E-state index contributed by atoms with van der Waals surface area (Å²) in [5.41, 5.74) is 6.43. The number of rotatable bonds is 4. The van der Waals surface area contributed by atoms with Gasteiger partial charge in [-0.15, -0.1) is 24.0 Å². The molecule has 1 heterocycles. The Labute approximate surface area is 150 Å². The van der Waals surface area contributed by atoms with Gasteiger partial charge in [0.2, 0.25) is 0 Å². The minimum absolute atomic E-state index is 0. The molecule has 0 bridgehead atoms. The van der Waals surface area contributed by atoms with Crippen LogP contribution < -0.4 is 10.5 Å². The van der Waals surface area contributed by atoms with Gasteiger partial charge in [0.25, 0.3) is 0 Å². The van der Waals surface area contributed by atoms with E-state index >= 15 is 0 Å². The van der Waals surface area contributed by atoms with E-state index in [0.717, 1.165) is 25.9 Å². The molecule has 2 rings (SSSR count). The summed E-state index contributed by atoms with van der Waals surface area (Å²) in [7, 11) is 0. The number of hydrogen-bond acceptors (Lipinski definition) is 2. The zero-order chi connectivity index (χ0) is 15.2. The summed E-state index contributed by atoms with van der Waals surface area (Å²) in [4.78, 5) is 6.27. The second-order valence-electron chi connectivity index (χ2n) is 4.85. The van der Waals surface area contributed by atoms with Crippen molar-refractivity contribution in [3.05, 3.63) is 28.8 Å². The van der Waals surface area contributed by atoms with Gasteiger partial charge in [-0.05, 0) is 37.5 Å². The molecule has 0 amide bonds. The molecule has 0 saturated carbocycles. The Bertz CT molecular complexity index is 511. The number of guanidine groups is 1. The highest BCUT2D eigenvalue weighted by molar-refractivity contribution is 14.0. The van der Waals surface area contributed by atoms with Crippen molar-refractivity contribution in [2.45, 2.75) is 32.4 Å². The Kier molecular flexibility index (Phi) is 8.16. The van der Waals surface area contributed by atoms with Crippen LogP contribution in [0.1, 0.15) is 24.8 Å². The second-order valence-corrected chi connectivity index (χ2v) is 5.29. The van der Waals surface area contributed by atoms with Crippen molar-refractivity contribution in [2.75, 3.05) is 13.1 Å².